The minimum Gasteiger partial charge on any atom is -0.344 e. The molecular weight excluding hydrogens is 846 g/mol. The summed E-state index contributed by atoms with van der Waals surface area (Å²) in [4.78, 5) is 57.2. The number of nitrogens with one attached hydrogen (secondary N) is 1. The molecule has 1 atom stereocenters. The summed E-state index contributed by atoms with van der Waals surface area (Å²) >= 11 is 0. The van der Waals surface area contributed by atoms with Crippen LogP contribution in [0.2, 0.25) is 0 Å². The Labute approximate surface area is 343 Å². The predicted octanol–water partition coefficient (Wildman–Crippen LogP) is 1.79. The van der Waals surface area contributed by atoms with Crippen LogP contribution in [0, 0.1) is 15.9 Å². The first-order valence-corrected chi connectivity index (χ1v) is 23.0. The number of carbonyl (C=O) groups excluding carboxylic acids is 2. The van der Waals surface area contributed by atoms with Crippen molar-refractivity contribution < 1.29 is 44.2 Å². The number of carbonyl (C=O) groups is 2. The van der Waals surface area contributed by atoms with Crippen LogP contribution in [0.15, 0.2) is 112 Å². The van der Waals surface area contributed by atoms with Gasteiger partial charge in [0.05, 0.1) is 61.9 Å². The molecule has 2 fully saturated rings. The molecule has 2 aliphatic heterocycles. The van der Waals surface area contributed by atoms with Gasteiger partial charge in [-0.3, -0.25) is 29.1 Å². The first-order valence-electron chi connectivity index (χ1n) is 18.3. The van der Waals surface area contributed by atoms with E-state index in [0.717, 1.165) is 49.9 Å². The highest BCUT2D eigenvalue weighted by molar-refractivity contribution is 7.92. The van der Waals surface area contributed by atoms with Crippen LogP contribution in [-0.2, 0) is 45.9 Å². The number of sulfone groups is 1. The van der Waals surface area contributed by atoms with Crippen molar-refractivity contribution in [3.05, 3.63) is 135 Å². The molecule has 60 heavy (non-hydrogen) atoms. The number of nitrogens with zero attached hydrogens (tertiary/aromatic N) is 6. The summed E-state index contributed by atoms with van der Waals surface area (Å²) in [6.45, 7) is -1.93. The Kier molecular flexibility index (Phi) is 11.7. The number of rotatable bonds is 12. The lowest BCUT2D eigenvalue weighted by atomic mass is 10.0. The summed E-state index contributed by atoms with van der Waals surface area (Å²) in [6.07, 6.45) is 0.0410. The summed E-state index contributed by atoms with van der Waals surface area (Å²) in [5.74, 6) is -2.79. The van der Waals surface area contributed by atoms with Gasteiger partial charge in [-0.15, -0.1) is 0 Å². The van der Waals surface area contributed by atoms with Gasteiger partial charge >= 0.3 is 0 Å². The highest BCUT2D eigenvalue weighted by Crippen LogP contribution is 2.26. The third-order valence-corrected chi connectivity index (χ3v) is 15.5. The minimum atomic E-state index is -4.22. The average molecular weight is 882 g/mol. The molecule has 0 aliphatic carbocycles. The summed E-state index contributed by atoms with van der Waals surface area (Å²) in [6, 6.07) is 20.6. The van der Waals surface area contributed by atoms with E-state index >= 15 is 0 Å². The third-order valence-electron chi connectivity index (χ3n) is 10.1. The average Bonchev–Trinajstić information content (AvgIpc) is 3.21. The lowest BCUT2D eigenvalue weighted by Crippen LogP contribution is -2.54. The second kappa shape index (κ2) is 16.6. The number of piperazine rings is 1. The molecule has 5 aromatic rings. The highest BCUT2D eigenvalue weighted by Gasteiger charge is 2.35. The van der Waals surface area contributed by atoms with Crippen LogP contribution in [0.25, 0.3) is 16.6 Å². The maximum absolute atomic E-state index is 14.6. The summed E-state index contributed by atoms with van der Waals surface area (Å²) in [7, 11) is -11.7. The lowest BCUT2D eigenvalue weighted by molar-refractivity contribution is -0.384. The van der Waals surface area contributed by atoms with E-state index in [1.165, 1.54) is 34.9 Å². The van der Waals surface area contributed by atoms with Gasteiger partial charge in [-0.05, 0) is 60.5 Å². The number of halogens is 1. The third kappa shape index (κ3) is 8.82. The van der Waals surface area contributed by atoms with E-state index < -0.39 is 77.1 Å². The zero-order valence-corrected chi connectivity index (χ0v) is 33.9. The molecule has 0 spiro atoms. The van der Waals surface area contributed by atoms with Gasteiger partial charge in [0.1, 0.15) is 11.6 Å². The van der Waals surface area contributed by atoms with Crippen LogP contribution in [0.4, 0.5) is 10.1 Å². The Balaban J connectivity index is 1.18. The number of aromatic nitrogens is 2. The number of hydrogen-bond donors (Lipinski definition) is 1. The minimum absolute atomic E-state index is 0.0170. The van der Waals surface area contributed by atoms with Crippen LogP contribution in [-0.4, -0.2) is 116 Å². The summed E-state index contributed by atoms with van der Waals surface area (Å²) in [5, 5.41) is 13.9. The Hall–Kier alpha value is -5.94. The largest absolute Gasteiger partial charge is 0.344 e. The number of sulfonamides is 2. The van der Waals surface area contributed by atoms with E-state index in [1.54, 1.807) is 30.3 Å². The van der Waals surface area contributed by atoms with Gasteiger partial charge < -0.3 is 10.2 Å². The molecular formula is C38H36FN7O11S3. The van der Waals surface area contributed by atoms with Crippen molar-refractivity contribution >= 4 is 58.3 Å². The number of nitro benzene ring substituents is 1. The van der Waals surface area contributed by atoms with Crippen molar-refractivity contribution in [3.63, 3.8) is 0 Å². The molecule has 4 aromatic carbocycles. The van der Waals surface area contributed by atoms with Gasteiger partial charge in [-0.2, -0.15) is 8.61 Å². The fraction of sp³-hybridized carbons (Fsp3) is 0.263. The molecule has 0 saturated carbocycles. The topological polar surface area (TPSA) is 236 Å². The number of non-ortho nitro benzene ring substituents is 1. The number of hydrogen-bond acceptors (Lipinski definition) is 12. The van der Waals surface area contributed by atoms with E-state index in [9.17, 15) is 54.1 Å². The van der Waals surface area contributed by atoms with E-state index in [1.807, 2.05) is 0 Å². The fourth-order valence-electron chi connectivity index (χ4n) is 6.93. The van der Waals surface area contributed by atoms with Crippen LogP contribution in [0.5, 0.6) is 0 Å². The molecule has 3 heterocycles. The first-order chi connectivity index (χ1) is 28.4. The summed E-state index contributed by atoms with van der Waals surface area (Å²) in [5.41, 5.74) is -0.178. The van der Waals surface area contributed by atoms with Gasteiger partial charge in [0.25, 0.3) is 11.2 Å². The van der Waals surface area contributed by atoms with Gasteiger partial charge in [0, 0.05) is 44.4 Å². The van der Waals surface area contributed by atoms with E-state index in [0.29, 0.717) is 5.56 Å². The van der Waals surface area contributed by atoms with Crippen molar-refractivity contribution in [2.24, 2.45) is 0 Å². The Morgan fingerprint density at radius 1 is 0.833 bits per heavy atom. The van der Waals surface area contributed by atoms with Crippen molar-refractivity contribution in [3.8, 4) is 5.69 Å². The number of fused-ring (bicyclic) bond motifs is 1. The molecule has 7 rings (SSSR count). The second-order valence-corrected chi connectivity index (χ2v) is 20.2. The molecule has 1 aromatic heterocycles. The fourth-order valence-corrected chi connectivity index (χ4v) is 11.2. The molecule has 0 bridgehead atoms. The van der Waals surface area contributed by atoms with Crippen LogP contribution in [0.3, 0.4) is 0 Å². The number of benzene rings is 4. The lowest BCUT2D eigenvalue weighted by Gasteiger charge is -2.33. The number of amides is 2. The Bertz CT molecular complexity index is 2880. The van der Waals surface area contributed by atoms with Gasteiger partial charge in [-0.1, -0.05) is 30.3 Å². The zero-order valence-electron chi connectivity index (χ0n) is 31.5. The second-order valence-electron chi connectivity index (χ2n) is 14.0. The standard InChI is InChI=1S/C38H36FN7O11S3/c39-27-6-15-32-33(23-27)41-37(45(38(32)49)28-7-11-30(12-8-28)59(54,55)43-18-20-58(52,53)21-19-43)34(22-26-4-2-1-3-5-26)40-35(47)24-42-16-17-44(25-36(42)48)60(56,57)31-13-9-29(10-14-31)46(50)51/h1-15,23,34H,16-22,24-25H2,(H,40,47)/t34-/m0/s1. The predicted molar refractivity (Wildman–Crippen MR) is 214 cm³/mol. The monoisotopic (exact) mass is 881 g/mol. The molecule has 2 saturated heterocycles. The molecule has 1 N–H and O–H groups in total. The molecule has 2 amide bonds. The Morgan fingerprint density at radius 2 is 1.45 bits per heavy atom. The Morgan fingerprint density at radius 3 is 2.07 bits per heavy atom. The van der Waals surface area contributed by atoms with E-state index in [2.05, 4.69) is 10.3 Å². The molecule has 314 valence electrons. The van der Waals surface area contributed by atoms with Crippen LogP contribution >= 0.6 is 0 Å². The normalized spacial score (nSPS) is 17.0. The molecule has 2 aliphatic rings. The molecule has 0 radical (unpaired) electrons. The smallest absolute Gasteiger partial charge is 0.269 e. The first kappa shape index (κ1) is 42.2. The summed E-state index contributed by atoms with van der Waals surface area (Å²) < 4.78 is 95.0. The molecule has 22 heteroatoms. The van der Waals surface area contributed by atoms with E-state index in [-0.39, 0.29) is 82.0 Å². The highest BCUT2D eigenvalue weighted by atomic mass is 32.2. The molecule has 0 unspecified atom stereocenters. The van der Waals surface area contributed by atoms with Crippen molar-refractivity contribution in [1.82, 2.24) is 28.4 Å². The molecule has 18 nitrogen and oxygen atoms in total. The quantitative estimate of drug-likeness (QED) is 0.140. The zero-order chi connectivity index (χ0) is 43.0. The number of nitro groups is 1. The SMILES string of the molecule is O=C(CN1CCN(S(=O)(=O)c2ccc([N+](=O)[O-])cc2)CC1=O)N[C@@H](Cc1ccccc1)c1nc2cc(F)ccc2c(=O)n1-c1ccc(S(=O)(=O)N2CCS(=O)(=O)CC2)cc1. The van der Waals surface area contributed by atoms with Gasteiger partial charge in [0.2, 0.25) is 31.9 Å². The van der Waals surface area contributed by atoms with Gasteiger partial charge in [0.15, 0.2) is 9.84 Å². The van der Waals surface area contributed by atoms with E-state index in [4.69, 9.17) is 0 Å². The maximum atomic E-state index is 14.6. The van der Waals surface area contributed by atoms with Gasteiger partial charge in [-0.25, -0.2) is 34.6 Å². The maximum Gasteiger partial charge on any atom is 0.269 e. The van der Waals surface area contributed by atoms with Crippen LogP contribution in [0.1, 0.15) is 17.4 Å². The van der Waals surface area contributed by atoms with Crippen LogP contribution < -0.4 is 10.9 Å². The van der Waals surface area contributed by atoms with Crippen molar-refractivity contribution in [2.75, 3.05) is 50.8 Å². The van der Waals surface area contributed by atoms with Crippen molar-refractivity contribution in [2.45, 2.75) is 22.3 Å². The van der Waals surface area contributed by atoms with Crippen molar-refractivity contribution in [1.29, 1.82) is 0 Å².